The molecule has 0 aliphatic rings. The second kappa shape index (κ2) is 5.72. The number of nitrogens with one attached hydrogen (secondary N) is 1. The van der Waals surface area contributed by atoms with Gasteiger partial charge in [-0.1, -0.05) is 13.8 Å². The third-order valence-electron chi connectivity index (χ3n) is 3.10. The first-order valence-electron chi connectivity index (χ1n) is 6.87. The van der Waals surface area contributed by atoms with E-state index in [0.717, 1.165) is 40.0 Å². The Kier molecular flexibility index (Phi) is 3.78. The SMILES string of the molecule is Cc1nnc(CCNc2cc(C(C)C)nn3cnnc23)s1. The van der Waals surface area contributed by atoms with Crippen molar-refractivity contribution in [1.29, 1.82) is 0 Å². The standard InChI is InChI=1S/C13H17N7S/c1-8(2)10-6-11(13-18-15-7-20(13)19-10)14-5-4-12-17-16-9(3)21-12/h6-8,14H,4-5H2,1-3H3. The molecule has 0 unspecified atom stereocenters. The largest absolute Gasteiger partial charge is 0.381 e. The second-order valence-electron chi connectivity index (χ2n) is 5.13. The van der Waals surface area contributed by atoms with Gasteiger partial charge in [0.2, 0.25) is 5.65 Å². The van der Waals surface area contributed by atoms with Gasteiger partial charge in [-0.25, -0.2) is 0 Å². The summed E-state index contributed by atoms with van der Waals surface area (Å²) in [5.41, 5.74) is 2.71. The topological polar surface area (TPSA) is 80.9 Å². The summed E-state index contributed by atoms with van der Waals surface area (Å²) in [5, 5.41) is 26.1. The lowest BCUT2D eigenvalue weighted by molar-refractivity contribution is 0.762. The maximum absolute atomic E-state index is 4.50. The summed E-state index contributed by atoms with van der Waals surface area (Å²) < 4.78 is 1.72. The molecule has 7 nitrogen and oxygen atoms in total. The molecule has 0 fully saturated rings. The number of rotatable bonds is 5. The van der Waals surface area contributed by atoms with Crippen LogP contribution in [0, 0.1) is 6.92 Å². The molecule has 1 N–H and O–H groups in total. The quantitative estimate of drug-likeness (QED) is 0.777. The molecule has 0 amide bonds. The smallest absolute Gasteiger partial charge is 0.200 e. The summed E-state index contributed by atoms with van der Waals surface area (Å²) in [7, 11) is 0. The van der Waals surface area contributed by atoms with Crippen molar-refractivity contribution < 1.29 is 0 Å². The van der Waals surface area contributed by atoms with Crippen LogP contribution in [0.15, 0.2) is 12.4 Å². The molecule has 0 aromatic carbocycles. The molecule has 0 spiro atoms. The van der Waals surface area contributed by atoms with Gasteiger partial charge in [-0.2, -0.15) is 9.61 Å². The predicted octanol–water partition coefficient (Wildman–Crippen LogP) is 2.06. The van der Waals surface area contributed by atoms with Gasteiger partial charge in [-0.3, -0.25) is 0 Å². The maximum Gasteiger partial charge on any atom is 0.200 e. The molecule has 8 heteroatoms. The van der Waals surface area contributed by atoms with Crippen LogP contribution < -0.4 is 5.32 Å². The fourth-order valence-corrected chi connectivity index (χ4v) is 2.71. The Labute approximate surface area is 126 Å². The molecule has 0 aliphatic carbocycles. The molecule has 0 aliphatic heterocycles. The zero-order valence-corrected chi connectivity index (χ0v) is 13.1. The normalized spacial score (nSPS) is 11.4. The van der Waals surface area contributed by atoms with Gasteiger partial charge in [0.05, 0.1) is 11.4 Å². The van der Waals surface area contributed by atoms with Crippen molar-refractivity contribution in [2.75, 3.05) is 11.9 Å². The van der Waals surface area contributed by atoms with E-state index in [2.05, 4.69) is 44.7 Å². The Morgan fingerprint density at radius 3 is 2.86 bits per heavy atom. The number of nitrogens with zero attached hydrogens (tertiary/aromatic N) is 6. The number of fused-ring (bicyclic) bond motifs is 1. The maximum atomic E-state index is 4.50. The third-order valence-corrected chi connectivity index (χ3v) is 4.00. The minimum Gasteiger partial charge on any atom is -0.381 e. The average molecular weight is 303 g/mol. The van der Waals surface area contributed by atoms with Gasteiger partial charge in [0.25, 0.3) is 0 Å². The zero-order chi connectivity index (χ0) is 14.8. The highest BCUT2D eigenvalue weighted by molar-refractivity contribution is 7.11. The highest BCUT2D eigenvalue weighted by atomic mass is 32.1. The Bertz CT molecular complexity index is 746. The van der Waals surface area contributed by atoms with Gasteiger partial charge in [0, 0.05) is 13.0 Å². The molecule has 3 aromatic heterocycles. The van der Waals surface area contributed by atoms with Crippen LogP contribution in [-0.4, -0.2) is 36.6 Å². The summed E-state index contributed by atoms with van der Waals surface area (Å²) in [6.45, 7) is 6.98. The molecule has 3 aromatic rings. The molecule has 3 rings (SSSR count). The molecular formula is C13H17N7S. The van der Waals surface area contributed by atoms with Crippen molar-refractivity contribution in [3.05, 3.63) is 28.1 Å². The van der Waals surface area contributed by atoms with E-state index < -0.39 is 0 Å². The molecule has 3 heterocycles. The van der Waals surface area contributed by atoms with E-state index >= 15 is 0 Å². The lowest BCUT2D eigenvalue weighted by Crippen LogP contribution is -2.09. The average Bonchev–Trinajstić information content (AvgIpc) is 3.07. The van der Waals surface area contributed by atoms with E-state index in [9.17, 15) is 0 Å². The first-order chi connectivity index (χ1) is 10.1. The van der Waals surface area contributed by atoms with Crippen molar-refractivity contribution in [2.45, 2.75) is 33.1 Å². The van der Waals surface area contributed by atoms with E-state index in [-0.39, 0.29) is 0 Å². The van der Waals surface area contributed by atoms with Crippen molar-refractivity contribution >= 4 is 22.7 Å². The van der Waals surface area contributed by atoms with Crippen LogP contribution in [0.3, 0.4) is 0 Å². The number of hydrogen-bond acceptors (Lipinski definition) is 7. The van der Waals surface area contributed by atoms with Gasteiger partial charge < -0.3 is 5.32 Å². The lowest BCUT2D eigenvalue weighted by Gasteiger charge is -2.10. The van der Waals surface area contributed by atoms with Crippen LogP contribution in [-0.2, 0) is 6.42 Å². The van der Waals surface area contributed by atoms with E-state index in [1.807, 2.05) is 13.0 Å². The van der Waals surface area contributed by atoms with E-state index in [4.69, 9.17) is 0 Å². The molecule has 0 saturated heterocycles. The lowest BCUT2D eigenvalue weighted by atomic mass is 10.1. The second-order valence-corrected chi connectivity index (χ2v) is 6.39. The molecular weight excluding hydrogens is 286 g/mol. The van der Waals surface area contributed by atoms with Crippen LogP contribution in [0.2, 0.25) is 0 Å². The first kappa shape index (κ1) is 13.9. The van der Waals surface area contributed by atoms with E-state index in [1.54, 1.807) is 22.2 Å². The first-order valence-corrected chi connectivity index (χ1v) is 7.69. The summed E-state index contributed by atoms with van der Waals surface area (Å²) in [5.74, 6) is 0.350. The van der Waals surface area contributed by atoms with E-state index in [0.29, 0.717) is 5.92 Å². The van der Waals surface area contributed by atoms with Gasteiger partial charge in [0.15, 0.2) is 0 Å². The number of aromatic nitrogens is 6. The summed E-state index contributed by atoms with van der Waals surface area (Å²) in [6.07, 6.45) is 2.46. The minimum atomic E-state index is 0.350. The van der Waals surface area contributed by atoms with Crippen LogP contribution in [0.4, 0.5) is 5.69 Å². The minimum absolute atomic E-state index is 0.350. The Balaban J connectivity index is 1.77. The molecule has 0 radical (unpaired) electrons. The fraction of sp³-hybridized carbons (Fsp3) is 0.462. The molecule has 110 valence electrons. The van der Waals surface area contributed by atoms with Crippen molar-refractivity contribution in [3.63, 3.8) is 0 Å². The zero-order valence-electron chi connectivity index (χ0n) is 12.2. The molecule has 21 heavy (non-hydrogen) atoms. The number of aryl methyl sites for hydroxylation is 1. The number of anilines is 1. The van der Waals surface area contributed by atoms with Crippen LogP contribution in [0.5, 0.6) is 0 Å². The summed E-state index contributed by atoms with van der Waals surface area (Å²) in [4.78, 5) is 0. The van der Waals surface area contributed by atoms with Gasteiger partial charge in [0.1, 0.15) is 16.3 Å². The summed E-state index contributed by atoms with van der Waals surface area (Å²) >= 11 is 1.63. The van der Waals surface area contributed by atoms with Crippen LogP contribution in [0.1, 0.15) is 35.5 Å². The van der Waals surface area contributed by atoms with Crippen LogP contribution in [0.25, 0.3) is 5.65 Å². The van der Waals surface area contributed by atoms with Gasteiger partial charge in [-0.05, 0) is 18.9 Å². The molecule has 0 atom stereocenters. The van der Waals surface area contributed by atoms with Crippen molar-refractivity contribution in [3.8, 4) is 0 Å². The van der Waals surface area contributed by atoms with Gasteiger partial charge in [-0.15, -0.1) is 31.7 Å². The monoisotopic (exact) mass is 303 g/mol. The third kappa shape index (κ3) is 2.99. The predicted molar refractivity (Wildman–Crippen MR) is 81.7 cm³/mol. The van der Waals surface area contributed by atoms with Crippen molar-refractivity contribution in [2.24, 2.45) is 0 Å². The van der Waals surface area contributed by atoms with Gasteiger partial charge >= 0.3 is 0 Å². The fourth-order valence-electron chi connectivity index (χ4n) is 2.00. The Hall–Kier alpha value is -2.09. The Morgan fingerprint density at radius 2 is 2.14 bits per heavy atom. The number of hydrogen-bond donors (Lipinski definition) is 1. The Morgan fingerprint density at radius 1 is 1.29 bits per heavy atom. The van der Waals surface area contributed by atoms with E-state index in [1.165, 1.54) is 0 Å². The highest BCUT2D eigenvalue weighted by Crippen LogP contribution is 2.20. The molecule has 0 saturated carbocycles. The van der Waals surface area contributed by atoms with Crippen LogP contribution >= 0.6 is 11.3 Å². The van der Waals surface area contributed by atoms with Crippen molar-refractivity contribution in [1.82, 2.24) is 30.0 Å². The molecule has 0 bridgehead atoms. The summed E-state index contributed by atoms with van der Waals surface area (Å²) in [6, 6.07) is 2.04. The highest BCUT2D eigenvalue weighted by Gasteiger charge is 2.10.